The van der Waals surface area contributed by atoms with Gasteiger partial charge in [-0.25, -0.2) is 5.43 Å². The van der Waals surface area contributed by atoms with E-state index >= 15 is 0 Å². The largest absolute Gasteiger partial charge is 0.489 e. The number of hydrogen-bond acceptors (Lipinski definition) is 3. The number of rotatable bonds is 7. The van der Waals surface area contributed by atoms with Gasteiger partial charge < -0.3 is 4.74 Å². The second-order valence-electron chi connectivity index (χ2n) is 5.69. The Hall–Kier alpha value is -3.11. The molecule has 0 heterocycles. The number of carbonyl (C=O) groups is 1. The van der Waals surface area contributed by atoms with Crippen molar-refractivity contribution in [1.29, 1.82) is 0 Å². The summed E-state index contributed by atoms with van der Waals surface area (Å²) in [4.78, 5) is 11.0. The minimum atomic E-state index is -6.60. The van der Waals surface area contributed by atoms with Gasteiger partial charge in [0.2, 0.25) is 0 Å². The van der Waals surface area contributed by atoms with Crippen molar-refractivity contribution in [2.45, 2.75) is 24.6 Å². The Labute approximate surface area is 160 Å². The summed E-state index contributed by atoms with van der Waals surface area (Å²) in [7, 11) is 0. The number of alkyl halides is 7. The van der Waals surface area contributed by atoms with Crippen LogP contribution >= 0.6 is 0 Å². The molecule has 0 aliphatic rings. The lowest BCUT2D eigenvalue weighted by Crippen LogP contribution is -2.58. The van der Waals surface area contributed by atoms with Gasteiger partial charge in [-0.3, -0.25) is 4.79 Å². The normalized spacial score (nSPS) is 12.8. The van der Waals surface area contributed by atoms with Crippen LogP contribution in [0.2, 0.25) is 0 Å². The first-order valence-electron chi connectivity index (χ1n) is 7.88. The summed E-state index contributed by atoms with van der Waals surface area (Å²) in [6.45, 7) is 0.285. The molecule has 29 heavy (non-hydrogen) atoms. The molecule has 0 bridgehead atoms. The van der Waals surface area contributed by atoms with Crippen LogP contribution in [0, 0.1) is 0 Å². The monoisotopic (exact) mass is 422 g/mol. The van der Waals surface area contributed by atoms with Crippen LogP contribution in [0.25, 0.3) is 0 Å². The predicted molar refractivity (Wildman–Crippen MR) is 88.9 cm³/mol. The number of hydrazone groups is 1. The van der Waals surface area contributed by atoms with E-state index in [1.807, 2.05) is 30.3 Å². The van der Waals surface area contributed by atoms with Gasteiger partial charge in [0.15, 0.2) is 0 Å². The first kappa shape index (κ1) is 22.2. The first-order valence-corrected chi connectivity index (χ1v) is 7.88. The predicted octanol–water partition coefficient (Wildman–Crippen LogP) is 4.55. The molecule has 2 rings (SSSR count). The van der Waals surface area contributed by atoms with Gasteiger partial charge >= 0.3 is 23.9 Å². The third kappa shape index (κ3) is 5.24. The molecule has 1 N–H and O–H groups in total. The molecule has 0 saturated carbocycles. The minimum Gasteiger partial charge on any atom is -0.489 e. The van der Waals surface area contributed by atoms with E-state index in [9.17, 15) is 35.5 Å². The average molecular weight is 422 g/mol. The summed E-state index contributed by atoms with van der Waals surface area (Å²) < 4.78 is 93.3. The second kappa shape index (κ2) is 8.50. The lowest BCUT2D eigenvalue weighted by Gasteiger charge is -2.26. The summed E-state index contributed by atoms with van der Waals surface area (Å²) in [5.41, 5.74) is 2.13. The zero-order valence-corrected chi connectivity index (χ0v) is 14.4. The van der Waals surface area contributed by atoms with Gasteiger partial charge in [0.25, 0.3) is 0 Å². The zero-order chi connectivity index (χ0) is 21.7. The third-order valence-electron chi connectivity index (χ3n) is 3.54. The van der Waals surface area contributed by atoms with E-state index in [1.165, 1.54) is 24.3 Å². The second-order valence-corrected chi connectivity index (χ2v) is 5.69. The highest BCUT2D eigenvalue weighted by Gasteiger charge is 2.76. The molecule has 2 aromatic carbocycles. The first-order chi connectivity index (χ1) is 13.4. The highest BCUT2D eigenvalue weighted by molar-refractivity contribution is 5.87. The van der Waals surface area contributed by atoms with Crippen molar-refractivity contribution >= 4 is 12.1 Å². The van der Waals surface area contributed by atoms with Crippen LogP contribution in [0.5, 0.6) is 5.75 Å². The average Bonchev–Trinajstić information content (AvgIpc) is 2.67. The molecule has 156 valence electrons. The van der Waals surface area contributed by atoms with E-state index < -0.39 is 23.9 Å². The number of hydrogen-bond donors (Lipinski definition) is 1. The van der Waals surface area contributed by atoms with Gasteiger partial charge in [-0.05, 0) is 35.4 Å². The smallest absolute Gasteiger partial charge is 0.460 e. The highest BCUT2D eigenvalue weighted by Crippen LogP contribution is 2.46. The minimum absolute atomic E-state index is 0.239. The van der Waals surface area contributed by atoms with Crippen LogP contribution in [-0.4, -0.2) is 30.1 Å². The Morgan fingerprint density at radius 1 is 0.931 bits per heavy atom. The van der Waals surface area contributed by atoms with Crippen molar-refractivity contribution in [3.05, 3.63) is 65.7 Å². The maximum absolute atomic E-state index is 13.1. The maximum Gasteiger partial charge on any atom is 0.460 e. The molecule has 0 aliphatic carbocycles. The number of carbonyl (C=O) groups excluding carboxylic acids is 1. The molecule has 0 fully saturated rings. The van der Waals surface area contributed by atoms with Crippen LogP contribution in [0.4, 0.5) is 30.7 Å². The molecule has 0 aromatic heterocycles. The Morgan fingerprint density at radius 2 is 1.52 bits per heavy atom. The van der Waals surface area contributed by atoms with Crippen LogP contribution in [0.3, 0.4) is 0 Å². The zero-order valence-electron chi connectivity index (χ0n) is 14.4. The molecule has 4 nitrogen and oxygen atoms in total. The molecular weight excluding hydrogens is 409 g/mol. The van der Waals surface area contributed by atoms with Crippen LogP contribution in [0.1, 0.15) is 11.1 Å². The Morgan fingerprint density at radius 3 is 2.07 bits per heavy atom. The van der Waals surface area contributed by atoms with E-state index in [4.69, 9.17) is 4.74 Å². The number of benzene rings is 2. The molecule has 1 amide bonds. The molecule has 2 aromatic rings. The fourth-order valence-electron chi connectivity index (χ4n) is 1.95. The Kier molecular flexibility index (Phi) is 6.50. The molecule has 11 heteroatoms. The van der Waals surface area contributed by atoms with Crippen molar-refractivity contribution in [2.24, 2.45) is 5.10 Å². The van der Waals surface area contributed by atoms with Gasteiger partial charge in [0.1, 0.15) is 12.4 Å². The molecule has 0 aliphatic heterocycles. The Balaban J connectivity index is 1.94. The van der Waals surface area contributed by atoms with E-state index in [-0.39, 0.29) is 12.2 Å². The van der Waals surface area contributed by atoms with Crippen molar-refractivity contribution in [3.63, 3.8) is 0 Å². The quantitative estimate of drug-likeness (QED) is 0.405. The van der Waals surface area contributed by atoms with E-state index in [0.717, 1.165) is 17.2 Å². The van der Waals surface area contributed by atoms with Crippen molar-refractivity contribution in [1.82, 2.24) is 5.43 Å². The Bertz CT molecular complexity index is 851. The third-order valence-corrected chi connectivity index (χ3v) is 3.54. The van der Waals surface area contributed by atoms with Crippen LogP contribution < -0.4 is 10.2 Å². The van der Waals surface area contributed by atoms with Crippen LogP contribution in [-0.2, 0) is 11.4 Å². The van der Waals surface area contributed by atoms with Gasteiger partial charge in [0.05, 0.1) is 6.21 Å². The molecule has 0 saturated heterocycles. The summed E-state index contributed by atoms with van der Waals surface area (Å²) in [5.74, 6) is -15.0. The maximum atomic E-state index is 13.1. The molecule has 0 atom stereocenters. The summed E-state index contributed by atoms with van der Waals surface area (Å²) in [5, 5.41) is 2.98. The molecule has 0 spiro atoms. The van der Waals surface area contributed by atoms with Gasteiger partial charge in [-0.1, -0.05) is 30.3 Å². The topological polar surface area (TPSA) is 50.7 Å². The van der Waals surface area contributed by atoms with Crippen molar-refractivity contribution in [2.75, 3.05) is 0 Å². The SMILES string of the molecule is O=C(N/N=C/c1ccc(OCc2ccccc2)cc1)C(F)(F)C(F)(F)C(F)(F)F. The highest BCUT2D eigenvalue weighted by atomic mass is 19.4. The fourth-order valence-corrected chi connectivity index (χ4v) is 1.95. The van der Waals surface area contributed by atoms with Crippen LogP contribution in [0.15, 0.2) is 59.7 Å². The summed E-state index contributed by atoms with van der Waals surface area (Å²) in [6.07, 6.45) is -5.81. The van der Waals surface area contributed by atoms with E-state index in [0.29, 0.717) is 5.75 Å². The number of nitrogens with one attached hydrogen (secondary N) is 1. The van der Waals surface area contributed by atoms with Crippen molar-refractivity contribution < 1.29 is 40.3 Å². The number of ether oxygens (including phenoxy) is 1. The molecular formula is C18H13F7N2O2. The summed E-state index contributed by atoms with van der Waals surface area (Å²) in [6, 6.07) is 15.0. The van der Waals surface area contributed by atoms with E-state index in [2.05, 4.69) is 5.10 Å². The van der Waals surface area contributed by atoms with Gasteiger partial charge in [-0.15, -0.1) is 0 Å². The molecule has 0 radical (unpaired) electrons. The lowest BCUT2D eigenvalue weighted by atomic mass is 10.1. The molecule has 0 unspecified atom stereocenters. The fraction of sp³-hybridized carbons (Fsp3) is 0.222. The van der Waals surface area contributed by atoms with Gasteiger partial charge in [-0.2, -0.15) is 35.8 Å². The number of nitrogens with zero attached hydrogens (tertiary/aromatic N) is 1. The summed E-state index contributed by atoms with van der Waals surface area (Å²) >= 11 is 0. The van der Waals surface area contributed by atoms with Gasteiger partial charge in [0, 0.05) is 0 Å². The lowest BCUT2D eigenvalue weighted by molar-refractivity contribution is -0.344. The van der Waals surface area contributed by atoms with E-state index in [1.54, 1.807) is 0 Å². The standard InChI is InChI=1S/C18H13F7N2O2/c19-16(20,17(21,22)18(23,24)25)15(28)27-26-10-12-6-8-14(9-7-12)29-11-13-4-2-1-3-5-13/h1-10H,11H2,(H,27,28)/b26-10+. The van der Waals surface area contributed by atoms with Crippen molar-refractivity contribution in [3.8, 4) is 5.75 Å². The number of amides is 1. The number of halogens is 7.